The van der Waals surface area contributed by atoms with E-state index in [4.69, 9.17) is 4.42 Å². The van der Waals surface area contributed by atoms with Crippen molar-refractivity contribution in [3.8, 4) is 50.2 Å². The zero-order valence-electron chi connectivity index (χ0n) is 39.6. The van der Waals surface area contributed by atoms with Crippen LogP contribution < -0.4 is 4.90 Å². The highest BCUT2D eigenvalue weighted by atomic mass is 16.3. The molecule has 11 aromatic carbocycles. The minimum Gasteiger partial charge on any atom is -0.454 e. The van der Waals surface area contributed by atoms with Crippen LogP contribution in [0.5, 0.6) is 0 Å². The predicted octanol–water partition coefficient (Wildman–Crippen LogP) is 19.0. The summed E-state index contributed by atoms with van der Waals surface area (Å²) in [6, 6.07) is 80.6. The number of fused-ring (bicyclic) bond motifs is 12. The zero-order chi connectivity index (χ0) is 46.8. The number of furan rings is 1. The molecule has 3 nitrogen and oxygen atoms in total. The van der Waals surface area contributed by atoms with Gasteiger partial charge in [-0.05, 0) is 169 Å². The Bertz CT molecular complexity index is 4180. The van der Waals surface area contributed by atoms with Crippen LogP contribution in [0.25, 0.3) is 115 Å². The minimum absolute atomic E-state index is 0.0626. The molecule has 2 heterocycles. The Morgan fingerprint density at radius 2 is 0.914 bits per heavy atom. The molecule has 0 amide bonds. The molecule has 1 aliphatic carbocycles. The molecule has 0 fully saturated rings. The molecule has 1 aliphatic rings. The Kier molecular flexibility index (Phi) is 8.76. The fourth-order valence-corrected chi connectivity index (χ4v) is 11.4. The monoisotopic (exact) mass is 896 g/mol. The van der Waals surface area contributed by atoms with Crippen LogP contribution >= 0.6 is 0 Å². The quantitative estimate of drug-likeness (QED) is 0.166. The van der Waals surface area contributed by atoms with E-state index in [1.807, 2.05) is 0 Å². The van der Waals surface area contributed by atoms with Crippen molar-refractivity contribution in [3.05, 3.63) is 230 Å². The van der Waals surface area contributed by atoms with Crippen molar-refractivity contribution < 1.29 is 4.42 Å². The van der Waals surface area contributed by atoms with Gasteiger partial charge in [0, 0.05) is 44.2 Å². The average molecular weight is 897 g/mol. The molecule has 14 rings (SSSR count). The molecular weight excluding hydrogens is 849 g/mol. The van der Waals surface area contributed by atoms with E-state index in [-0.39, 0.29) is 5.41 Å². The van der Waals surface area contributed by atoms with Crippen molar-refractivity contribution in [2.24, 2.45) is 0 Å². The van der Waals surface area contributed by atoms with Gasteiger partial charge in [0.25, 0.3) is 0 Å². The number of aromatic nitrogens is 1. The van der Waals surface area contributed by atoms with E-state index >= 15 is 0 Å². The summed E-state index contributed by atoms with van der Waals surface area (Å²) in [4.78, 5) is 2.39. The summed E-state index contributed by atoms with van der Waals surface area (Å²) in [6.45, 7) is 8.96. The summed E-state index contributed by atoms with van der Waals surface area (Å²) in [6.07, 6.45) is 0. The highest BCUT2D eigenvalue weighted by Crippen LogP contribution is 2.52. The van der Waals surface area contributed by atoms with Gasteiger partial charge in [-0.3, -0.25) is 0 Å². The lowest BCUT2D eigenvalue weighted by Crippen LogP contribution is -2.11. The second kappa shape index (κ2) is 15.2. The summed E-state index contributed by atoms with van der Waals surface area (Å²) in [5, 5.41) is 9.67. The lowest BCUT2D eigenvalue weighted by Gasteiger charge is -2.28. The van der Waals surface area contributed by atoms with Crippen LogP contribution in [0, 0.1) is 6.92 Å². The molecule has 0 saturated heterocycles. The molecule has 70 heavy (non-hydrogen) atoms. The van der Waals surface area contributed by atoms with Crippen molar-refractivity contribution in [1.82, 2.24) is 4.57 Å². The number of para-hydroxylation sites is 3. The lowest BCUT2D eigenvalue weighted by molar-refractivity contribution is 0.573. The van der Waals surface area contributed by atoms with Crippen LogP contribution in [-0.2, 0) is 5.41 Å². The number of rotatable bonds is 6. The molecular formula is C67H48N2O. The first-order chi connectivity index (χ1) is 34.2. The molecule has 2 aromatic heterocycles. The molecule has 332 valence electrons. The fraction of sp³-hybridized carbons (Fsp3) is 0.0746. The Balaban J connectivity index is 0.871. The van der Waals surface area contributed by atoms with Crippen LogP contribution in [0.2, 0.25) is 0 Å². The van der Waals surface area contributed by atoms with Gasteiger partial charge in [0.05, 0.1) is 16.7 Å². The molecule has 0 atom stereocenters. The van der Waals surface area contributed by atoms with E-state index in [0.29, 0.717) is 0 Å². The lowest BCUT2D eigenvalue weighted by atomic mass is 9.78. The van der Waals surface area contributed by atoms with Gasteiger partial charge in [-0.25, -0.2) is 0 Å². The van der Waals surface area contributed by atoms with E-state index in [1.165, 1.54) is 99.0 Å². The van der Waals surface area contributed by atoms with Gasteiger partial charge in [0.2, 0.25) is 0 Å². The van der Waals surface area contributed by atoms with Crippen LogP contribution in [0.3, 0.4) is 0 Å². The average Bonchev–Trinajstić information content (AvgIpc) is 3.94. The SMILES string of the molecule is Cc1ccccc1N(c1ccc2cc3c(cc2c1)-c1cc2ccc(-n4c5ccc(-c6ccccc6)cc5c5cc(-c6ccccc6)ccc54)cc2cc1-3)c1cccc2c1oc1c(C(C)(C)C)cccc12. The van der Waals surface area contributed by atoms with Crippen molar-refractivity contribution in [3.63, 3.8) is 0 Å². The van der Waals surface area contributed by atoms with Crippen LogP contribution in [-0.4, -0.2) is 4.57 Å². The highest BCUT2D eigenvalue weighted by Gasteiger charge is 2.27. The Labute approximate surface area is 407 Å². The smallest absolute Gasteiger partial charge is 0.159 e. The largest absolute Gasteiger partial charge is 0.454 e. The van der Waals surface area contributed by atoms with Gasteiger partial charge in [0.1, 0.15) is 5.58 Å². The van der Waals surface area contributed by atoms with Gasteiger partial charge in [0.15, 0.2) is 5.58 Å². The van der Waals surface area contributed by atoms with E-state index in [1.54, 1.807) is 0 Å². The fourth-order valence-electron chi connectivity index (χ4n) is 11.4. The second-order valence-corrected chi connectivity index (χ2v) is 20.2. The molecule has 0 bridgehead atoms. The van der Waals surface area contributed by atoms with E-state index in [9.17, 15) is 0 Å². The minimum atomic E-state index is -0.0626. The van der Waals surface area contributed by atoms with Crippen LogP contribution in [0.15, 0.2) is 223 Å². The summed E-state index contributed by atoms with van der Waals surface area (Å²) in [5.74, 6) is 0. The van der Waals surface area contributed by atoms with Gasteiger partial charge in [-0.2, -0.15) is 0 Å². The number of hydrogen-bond acceptors (Lipinski definition) is 2. The standard InChI is InChI=1S/C67H48N2O/c1-41-15-11-12-23-61(41)68(64-24-14-21-53-52-20-13-22-60(67(2,3)4)65(52)70-66(53)64)50-29-25-46-35-54-56(39-48(46)33-50)55-36-47-26-30-51(34-49(47)40-57(54)55)69-62-31-27-44(42-16-7-5-8-17-42)37-58(62)59-38-45(28-32-63(59)69)43-18-9-6-10-19-43/h5-40H,1-4H3. The first-order valence-corrected chi connectivity index (χ1v) is 24.4. The molecule has 0 saturated carbocycles. The van der Waals surface area contributed by atoms with E-state index < -0.39 is 0 Å². The number of anilines is 3. The zero-order valence-corrected chi connectivity index (χ0v) is 39.6. The van der Waals surface area contributed by atoms with Gasteiger partial charge in [-0.1, -0.05) is 154 Å². The van der Waals surface area contributed by atoms with Crippen molar-refractivity contribution in [2.75, 3.05) is 4.90 Å². The van der Waals surface area contributed by atoms with E-state index in [2.05, 4.69) is 256 Å². The Hall–Kier alpha value is -8.66. The second-order valence-electron chi connectivity index (χ2n) is 20.2. The molecule has 13 aromatic rings. The van der Waals surface area contributed by atoms with Crippen molar-refractivity contribution in [1.29, 1.82) is 0 Å². The van der Waals surface area contributed by atoms with Crippen LogP contribution in [0.1, 0.15) is 31.9 Å². The summed E-state index contributed by atoms with van der Waals surface area (Å²) < 4.78 is 9.42. The Morgan fingerprint density at radius 3 is 1.53 bits per heavy atom. The maximum Gasteiger partial charge on any atom is 0.159 e. The molecule has 0 spiro atoms. The van der Waals surface area contributed by atoms with Crippen molar-refractivity contribution in [2.45, 2.75) is 33.1 Å². The van der Waals surface area contributed by atoms with Crippen LogP contribution in [0.4, 0.5) is 17.1 Å². The number of benzene rings is 11. The topological polar surface area (TPSA) is 21.3 Å². The molecule has 0 unspecified atom stereocenters. The number of hydrogen-bond donors (Lipinski definition) is 0. The third-order valence-corrected chi connectivity index (χ3v) is 14.9. The first kappa shape index (κ1) is 40.4. The molecule has 0 aliphatic heterocycles. The maximum atomic E-state index is 6.97. The van der Waals surface area contributed by atoms with E-state index in [0.717, 1.165) is 44.7 Å². The predicted molar refractivity (Wildman–Crippen MR) is 296 cm³/mol. The first-order valence-electron chi connectivity index (χ1n) is 24.4. The van der Waals surface area contributed by atoms with Gasteiger partial charge < -0.3 is 13.9 Å². The third kappa shape index (κ3) is 6.21. The van der Waals surface area contributed by atoms with Crippen molar-refractivity contribution >= 4 is 82.4 Å². The maximum absolute atomic E-state index is 6.97. The molecule has 3 heteroatoms. The summed E-state index contributed by atoms with van der Waals surface area (Å²) in [5.41, 5.74) is 21.1. The summed E-state index contributed by atoms with van der Waals surface area (Å²) >= 11 is 0. The Morgan fingerprint density at radius 1 is 0.386 bits per heavy atom. The van der Waals surface area contributed by atoms with Gasteiger partial charge in [-0.15, -0.1) is 0 Å². The number of aryl methyl sites for hydroxylation is 1. The third-order valence-electron chi connectivity index (χ3n) is 14.9. The molecule has 0 radical (unpaired) electrons. The molecule has 0 N–H and O–H groups in total. The summed E-state index contributed by atoms with van der Waals surface area (Å²) in [7, 11) is 0. The van der Waals surface area contributed by atoms with Gasteiger partial charge >= 0.3 is 0 Å². The highest BCUT2D eigenvalue weighted by molar-refractivity contribution is 6.15. The number of nitrogens with zero attached hydrogens (tertiary/aromatic N) is 2. The normalized spacial score (nSPS) is 12.3.